The number of hydrogen-bond donors (Lipinski definition) is 2. The lowest BCUT2D eigenvalue weighted by Gasteiger charge is -2.27. The minimum absolute atomic E-state index is 0.180. The highest BCUT2D eigenvalue weighted by molar-refractivity contribution is 5.90. The summed E-state index contributed by atoms with van der Waals surface area (Å²) in [5.74, 6) is 0. The molecule has 84 valence electrons. The van der Waals surface area contributed by atoms with Crippen molar-refractivity contribution in [3.8, 4) is 0 Å². The van der Waals surface area contributed by atoms with E-state index < -0.39 is 0 Å². The molecule has 2 aliphatic rings. The summed E-state index contributed by atoms with van der Waals surface area (Å²) in [6, 6.07) is 8.57. The summed E-state index contributed by atoms with van der Waals surface area (Å²) in [7, 11) is 0. The van der Waals surface area contributed by atoms with Gasteiger partial charge in [-0.3, -0.25) is 0 Å². The topological polar surface area (TPSA) is 35.9 Å². The van der Waals surface area contributed by atoms with Gasteiger partial charge in [-0.1, -0.05) is 18.2 Å². The Morgan fingerprint density at radius 2 is 2.06 bits per heavy atom. The number of hydrogen-bond acceptors (Lipinski definition) is 2. The van der Waals surface area contributed by atoms with Crippen LogP contribution >= 0.6 is 0 Å². The maximum absolute atomic E-state index is 8.20. The van der Waals surface area contributed by atoms with Gasteiger partial charge in [-0.2, -0.15) is 0 Å². The van der Waals surface area contributed by atoms with Crippen LogP contribution in [0.5, 0.6) is 0 Å². The second-order valence-electron chi connectivity index (χ2n) is 5.12. The number of fused-ring (bicyclic) bond motifs is 1. The van der Waals surface area contributed by atoms with Crippen LogP contribution in [0.4, 0.5) is 5.69 Å². The Hall–Kier alpha value is -1.31. The zero-order chi connectivity index (χ0) is 11.0. The number of para-hydroxylation sites is 1. The minimum atomic E-state index is 0.180. The SMILES string of the molecule is N=C1CCCC12CCNc1ccccc1C2. The molecule has 0 aromatic heterocycles. The maximum Gasteiger partial charge on any atom is 0.0373 e. The first-order chi connectivity index (χ1) is 7.80. The number of rotatable bonds is 0. The van der Waals surface area contributed by atoms with Gasteiger partial charge in [-0.15, -0.1) is 0 Å². The summed E-state index contributed by atoms with van der Waals surface area (Å²) in [5, 5.41) is 11.7. The Bertz CT molecular complexity index is 424. The van der Waals surface area contributed by atoms with Crippen molar-refractivity contribution in [2.75, 3.05) is 11.9 Å². The van der Waals surface area contributed by atoms with E-state index in [1.54, 1.807) is 0 Å². The first-order valence-corrected chi connectivity index (χ1v) is 6.20. The predicted octanol–water partition coefficient (Wildman–Crippen LogP) is 3.23. The van der Waals surface area contributed by atoms with E-state index in [1.807, 2.05) is 0 Å². The molecule has 0 bridgehead atoms. The van der Waals surface area contributed by atoms with Gasteiger partial charge < -0.3 is 10.7 Å². The Morgan fingerprint density at radius 3 is 2.88 bits per heavy atom. The molecule has 1 atom stereocenters. The van der Waals surface area contributed by atoms with E-state index >= 15 is 0 Å². The lowest BCUT2D eigenvalue weighted by atomic mass is 9.76. The second kappa shape index (κ2) is 3.62. The monoisotopic (exact) mass is 214 g/mol. The lowest BCUT2D eigenvalue weighted by molar-refractivity contribution is 0.392. The summed E-state index contributed by atoms with van der Waals surface area (Å²) in [5.41, 5.74) is 3.84. The summed E-state index contributed by atoms with van der Waals surface area (Å²) in [6.45, 7) is 1.01. The molecule has 0 saturated heterocycles. The van der Waals surface area contributed by atoms with Crippen LogP contribution in [0.25, 0.3) is 0 Å². The summed E-state index contributed by atoms with van der Waals surface area (Å²) >= 11 is 0. The summed E-state index contributed by atoms with van der Waals surface area (Å²) in [4.78, 5) is 0. The number of benzene rings is 1. The van der Waals surface area contributed by atoms with E-state index in [9.17, 15) is 0 Å². The molecular weight excluding hydrogens is 196 g/mol. The van der Waals surface area contributed by atoms with E-state index in [-0.39, 0.29) is 5.41 Å². The molecule has 2 nitrogen and oxygen atoms in total. The van der Waals surface area contributed by atoms with E-state index in [2.05, 4.69) is 29.6 Å². The van der Waals surface area contributed by atoms with Crippen molar-refractivity contribution in [1.29, 1.82) is 5.41 Å². The highest BCUT2D eigenvalue weighted by atomic mass is 14.9. The standard InChI is InChI=1S/C14H18N2/c15-13-6-3-7-14(13)8-9-16-12-5-2-1-4-11(12)10-14/h1-2,4-5,15-16H,3,6-10H2. The Morgan fingerprint density at radius 1 is 1.19 bits per heavy atom. The van der Waals surface area contributed by atoms with Crippen molar-refractivity contribution in [3.05, 3.63) is 29.8 Å². The fraction of sp³-hybridized carbons (Fsp3) is 0.500. The van der Waals surface area contributed by atoms with Gasteiger partial charge in [0.1, 0.15) is 0 Å². The lowest BCUT2D eigenvalue weighted by Crippen LogP contribution is -2.28. The third kappa shape index (κ3) is 1.44. The first kappa shape index (κ1) is 9.88. The molecule has 1 unspecified atom stereocenters. The molecule has 16 heavy (non-hydrogen) atoms. The van der Waals surface area contributed by atoms with Gasteiger partial charge in [0.15, 0.2) is 0 Å². The van der Waals surface area contributed by atoms with Gasteiger partial charge in [0.25, 0.3) is 0 Å². The summed E-state index contributed by atoms with van der Waals surface area (Å²) in [6.07, 6.45) is 5.63. The van der Waals surface area contributed by atoms with Gasteiger partial charge in [0, 0.05) is 23.4 Å². The van der Waals surface area contributed by atoms with Crippen LogP contribution in [0.15, 0.2) is 24.3 Å². The van der Waals surface area contributed by atoms with E-state index in [0.29, 0.717) is 0 Å². The van der Waals surface area contributed by atoms with Crippen LogP contribution in [0.2, 0.25) is 0 Å². The van der Waals surface area contributed by atoms with Crippen molar-refractivity contribution < 1.29 is 0 Å². The van der Waals surface area contributed by atoms with Crippen LogP contribution < -0.4 is 5.32 Å². The molecule has 3 rings (SSSR count). The Balaban J connectivity index is 1.99. The zero-order valence-electron chi connectivity index (χ0n) is 9.55. The van der Waals surface area contributed by atoms with Crippen molar-refractivity contribution in [2.45, 2.75) is 32.1 Å². The summed E-state index contributed by atoms with van der Waals surface area (Å²) < 4.78 is 0. The predicted molar refractivity (Wildman–Crippen MR) is 67.3 cm³/mol. The fourth-order valence-corrected chi connectivity index (χ4v) is 3.23. The van der Waals surface area contributed by atoms with Gasteiger partial charge in [-0.05, 0) is 43.7 Å². The minimum Gasteiger partial charge on any atom is -0.385 e. The molecule has 1 aromatic rings. The van der Waals surface area contributed by atoms with Gasteiger partial charge in [-0.25, -0.2) is 0 Å². The largest absolute Gasteiger partial charge is 0.385 e. The van der Waals surface area contributed by atoms with Crippen LogP contribution in [-0.2, 0) is 6.42 Å². The fourth-order valence-electron chi connectivity index (χ4n) is 3.23. The molecule has 1 heterocycles. The van der Waals surface area contributed by atoms with E-state index in [0.717, 1.165) is 31.5 Å². The smallest absolute Gasteiger partial charge is 0.0373 e. The first-order valence-electron chi connectivity index (χ1n) is 6.20. The highest BCUT2D eigenvalue weighted by Crippen LogP contribution is 2.43. The third-order valence-electron chi connectivity index (χ3n) is 4.19. The van der Waals surface area contributed by atoms with Crippen LogP contribution in [0, 0.1) is 10.8 Å². The molecule has 0 radical (unpaired) electrons. The molecule has 2 N–H and O–H groups in total. The molecule has 1 spiro atoms. The van der Waals surface area contributed by atoms with Crippen LogP contribution in [0.1, 0.15) is 31.2 Å². The number of anilines is 1. The molecule has 0 amide bonds. The average molecular weight is 214 g/mol. The maximum atomic E-state index is 8.20. The van der Waals surface area contributed by atoms with Gasteiger partial charge >= 0.3 is 0 Å². The third-order valence-corrected chi connectivity index (χ3v) is 4.19. The Labute approximate surface area is 96.6 Å². The Kier molecular flexibility index (Phi) is 2.23. The van der Waals surface area contributed by atoms with Gasteiger partial charge in [0.05, 0.1) is 0 Å². The molecule has 1 saturated carbocycles. The second-order valence-corrected chi connectivity index (χ2v) is 5.12. The van der Waals surface area contributed by atoms with Crippen molar-refractivity contribution in [1.82, 2.24) is 0 Å². The molecule has 1 aliphatic heterocycles. The molecule has 2 heteroatoms. The normalized spacial score (nSPS) is 28.6. The molecular formula is C14H18N2. The van der Waals surface area contributed by atoms with Crippen LogP contribution in [0.3, 0.4) is 0 Å². The zero-order valence-corrected chi connectivity index (χ0v) is 9.55. The average Bonchev–Trinajstić information content (AvgIpc) is 2.54. The molecule has 1 aliphatic carbocycles. The number of nitrogens with one attached hydrogen (secondary N) is 2. The van der Waals surface area contributed by atoms with E-state index in [4.69, 9.17) is 5.41 Å². The molecule has 1 aromatic carbocycles. The molecule has 1 fully saturated rings. The van der Waals surface area contributed by atoms with Crippen LogP contribution in [-0.4, -0.2) is 12.3 Å². The quantitative estimate of drug-likeness (QED) is 0.683. The van der Waals surface area contributed by atoms with Crippen molar-refractivity contribution in [3.63, 3.8) is 0 Å². The van der Waals surface area contributed by atoms with Crippen molar-refractivity contribution >= 4 is 11.4 Å². The van der Waals surface area contributed by atoms with E-state index in [1.165, 1.54) is 24.1 Å². The highest BCUT2D eigenvalue weighted by Gasteiger charge is 2.39. The van der Waals surface area contributed by atoms with Gasteiger partial charge in [0.2, 0.25) is 0 Å². The van der Waals surface area contributed by atoms with Crippen molar-refractivity contribution in [2.24, 2.45) is 5.41 Å².